The highest BCUT2D eigenvalue weighted by molar-refractivity contribution is 5.84. The largest absolute Gasteiger partial charge is 0.497 e. The first-order chi connectivity index (χ1) is 34.1. The quantitative estimate of drug-likeness (QED) is 0.0920. The minimum atomic E-state index is 0.639. The fourth-order valence-corrected chi connectivity index (χ4v) is 7.87. The average molecular weight is 941 g/mol. The minimum absolute atomic E-state index is 0.639. The van der Waals surface area contributed by atoms with Gasteiger partial charge in [-0.1, -0.05) is 0 Å². The molecular formula is C50H52N16O4. The van der Waals surface area contributed by atoms with Crippen molar-refractivity contribution in [3.05, 3.63) is 134 Å². The van der Waals surface area contributed by atoms with Crippen LogP contribution in [0.25, 0.3) is 44.6 Å². The monoisotopic (exact) mass is 940 g/mol. The molecule has 356 valence electrons. The number of anilines is 4. The molecule has 0 fully saturated rings. The number of nitrogens with zero attached hydrogens (tertiary/aromatic N) is 16. The lowest BCUT2D eigenvalue weighted by Crippen LogP contribution is -2.23. The van der Waals surface area contributed by atoms with E-state index >= 15 is 0 Å². The second-order valence-corrected chi connectivity index (χ2v) is 16.2. The number of benzene rings is 4. The fourth-order valence-electron chi connectivity index (χ4n) is 7.87. The van der Waals surface area contributed by atoms with Crippen LogP contribution in [-0.2, 0) is 27.2 Å². The van der Waals surface area contributed by atoms with Gasteiger partial charge in [-0.2, -0.15) is 20.4 Å². The van der Waals surface area contributed by atoms with Crippen LogP contribution < -0.4 is 28.7 Å². The molecule has 0 saturated carbocycles. The number of ether oxygens (including phenoxy) is 4. The number of aryl methyl sites for hydroxylation is 4. The van der Waals surface area contributed by atoms with Gasteiger partial charge in [-0.05, 0) is 50.2 Å². The summed E-state index contributed by atoms with van der Waals surface area (Å²) in [5.74, 6) is 4.43. The van der Waals surface area contributed by atoms with Crippen molar-refractivity contribution in [2.45, 2.75) is 26.9 Å². The van der Waals surface area contributed by atoms with Crippen LogP contribution in [0.3, 0.4) is 0 Å². The van der Waals surface area contributed by atoms with Gasteiger partial charge in [0.15, 0.2) is 0 Å². The maximum atomic E-state index is 5.53. The molecule has 10 aromatic rings. The van der Waals surface area contributed by atoms with Crippen molar-refractivity contribution in [1.82, 2.24) is 69.0 Å². The van der Waals surface area contributed by atoms with Gasteiger partial charge in [-0.15, -0.1) is 0 Å². The van der Waals surface area contributed by atoms with E-state index in [0.29, 0.717) is 49.2 Å². The number of hydrogen-bond donors (Lipinski definition) is 0. The number of hydrogen-bond acceptors (Lipinski definition) is 16. The molecule has 0 radical (unpaired) electrons. The molecule has 6 aromatic heterocycles. The molecule has 10 rings (SSSR count). The highest BCUT2D eigenvalue weighted by Crippen LogP contribution is 2.36. The zero-order chi connectivity index (χ0) is 48.7. The third kappa shape index (κ3) is 10.4. The van der Waals surface area contributed by atoms with Crippen molar-refractivity contribution in [2.75, 3.05) is 51.3 Å². The summed E-state index contributed by atoms with van der Waals surface area (Å²) in [5, 5.41) is 17.3. The smallest absolute Gasteiger partial charge is 0.147 e. The minimum Gasteiger partial charge on any atom is -0.497 e. The van der Waals surface area contributed by atoms with Gasteiger partial charge >= 0.3 is 0 Å². The Hall–Kier alpha value is -8.94. The van der Waals surface area contributed by atoms with Crippen molar-refractivity contribution < 1.29 is 18.9 Å². The molecule has 0 bridgehead atoms. The third-order valence-electron chi connectivity index (χ3n) is 11.5. The fraction of sp³-hybridized carbons (Fsp3) is 0.240. The summed E-state index contributed by atoms with van der Waals surface area (Å²) in [6.45, 7) is 6.38. The molecule has 70 heavy (non-hydrogen) atoms. The molecule has 4 aromatic carbocycles. The van der Waals surface area contributed by atoms with Crippen LogP contribution in [0, 0.1) is 13.8 Å². The summed E-state index contributed by atoms with van der Waals surface area (Å²) >= 11 is 0. The normalized spacial score (nSPS) is 11.1. The summed E-state index contributed by atoms with van der Waals surface area (Å²) in [5.41, 5.74) is 10.4. The lowest BCUT2D eigenvalue weighted by Gasteiger charge is -2.26. The van der Waals surface area contributed by atoms with E-state index < -0.39 is 0 Å². The van der Waals surface area contributed by atoms with Crippen LogP contribution in [0.1, 0.15) is 11.6 Å². The second-order valence-electron chi connectivity index (χ2n) is 16.2. The molecule has 6 heterocycles. The molecule has 0 amide bonds. The number of rotatable bonds is 16. The molecule has 0 aliphatic rings. The first kappa shape index (κ1) is 46.2. The van der Waals surface area contributed by atoms with E-state index in [1.54, 1.807) is 75.2 Å². The molecule has 0 aliphatic carbocycles. The van der Waals surface area contributed by atoms with Crippen molar-refractivity contribution in [1.29, 1.82) is 0 Å². The molecule has 0 N–H and O–H groups in total. The van der Waals surface area contributed by atoms with Gasteiger partial charge in [0.1, 0.15) is 47.3 Å². The zero-order valence-electron chi connectivity index (χ0n) is 40.2. The standard InChI is InChI=1S/2C25H26N8O2/c1-17-27-16-32(30-17)7-8-33(20-9-21(34-3)12-22(10-20)35-4)19-5-6-23-24(11-19)29-25(14-26-23)18-13-28-31(2)15-18;1-17-27-16-29-33(17)8-7-32(20-9-21(34-3)12-22(10-20)35-4)19-5-6-23-24(11-19)30-25(14-26-23)18-13-28-31(2)15-18/h2*5-6,9-16H,7-8H2,1-4H3. The van der Waals surface area contributed by atoms with Crippen LogP contribution in [0.4, 0.5) is 22.7 Å². The van der Waals surface area contributed by atoms with E-state index in [2.05, 4.69) is 50.1 Å². The van der Waals surface area contributed by atoms with Gasteiger partial charge in [-0.3, -0.25) is 24.0 Å². The molecule has 0 aliphatic heterocycles. The highest BCUT2D eigenvalue weighted by atomic mass is 16.5. The topological polar surface area (TPSA) is 192 Å². The third-order valence-corrected chi connectivity index (χ3v) is 11.5. The Morgan fingerprint density at radius 2 is 0.986 bits per heavy atom. The van der Waals surface area contributed by atoms with Gasteiger partial charge in [0.25, 0.3) is 0 Å². The highest BCUT2D eigenvalue weighted by Gasteiger charge is 2.18. The first-order valence-corrected chi connectivity index (χ1v) is 22.3. The van der Waals surface area contributed by atoms with E-state index in [9.17, 15) is 0 Å². The van der Waals surface area contributed by atoms with Crippen molar-refractivity contribution in [2.24, 2.45) is 14.1 Å². The van der Waals surface area contributed by atoms with Gasteiger partial charge < -0.3 is 28.7 Å². The first-order valence-electron chi connectivity index (χ1n) is 22.3. The molecule has 0 spiro atoms. The van der Waals surface area contributed by atoms with Gasteiger partial charge in [0.05, 0.1) is 99.8 Å². The number of methoxy groups -OCH3 is 4. The maximum absolute atomic E-state index is 5.53. The van der Waals surface area contributed by atoms with E-state index in [1.807, 2.05) is 122 Å². The predicted molar refractivity (Wildman–Crippen MR) is 266 cm³/mol. The Morgan fingerprint density at radius 1 is 0.500 bits per heavy atom. The summed E-state index contributed by atoms with van der Waals surface area (Å²) in [7, 11) is 10.3. The van der Waals surface area contributed by atoms with Gasteiger partial charge in [-0.25, -0.2) is 24.6 Å². The molecule has 20 nitrogen and oxygen atoms in total. The molecule has 0 unspecified atom stereocenters. The number of fused-ring (bicyclic) bond motifs is 2. The second kappa shape index (κ2) is 20.5. The average Bonchev–Trinajstić information content (AvgIpc) is 4.22. The predicted octanol–water partition coefficient (Wildman–Crippen LogP) is 7.57. The Labute approximate surface area is 403 Å². The maximum Gasteiger partial charge on any atom is 0.147 e. The lowest BCUT2D eigenvalue weighted by atomic mass is 10.2. The summed E-state index contributed by atoms with van der Waals surface area (Å²) in [6.07, 6.45) is 14.3. The van der Waals surface area contributed by atoms with Crippen LogP contribution in [0.15, 0.2) is 123 Å². The Kier molecular flexibility index (Phi) is 13.5. The van der Waals surface area contributed by atoms with E-state index in [-0.39, 0.29) is 0 Å². The van der Waals surface area contributed by atoms with Crippen LogP contribution in [-0.4, -0.2) is 111 Å². The lowest BCUT2D eigenvalue weighted by molar-refractivity contribution is 0.394. The summed E-state index contributed by atoms with van der Waals surface area (Å²) in [4.78, 5) is 31.8. The number of aromatic nitrogens is 14. The molecule has 0 saturated heterocycles. The Bertz CT molecular complexity index is 3350. The zero-order valence-corrected chi connectivity index (χ0v) is 40.2. The van der Waals surface area contributed by atoms with Gasteiger partial charge in [0.2, 0.25) is 0 Å². The Morgan fingerprint density at radius 3 is 1.39 bits per heavy atom. The van der Waals surface area contributed by atoms with Crippen LogP contribution in [0.5, 0.6) is 23.0 Å². The summed E-state index contributed by atoms with van der Waals surface area (Å²) in [6, 6.07) is 23.8. The van der Waals surface area contributed by atoms with Crippen molar-refractivity contribution in [3.8, 4) is 45.5 Å². The molecule has 0 atom stereocenters. The van der Waals surface area contributed by atoms with Crippen LogP contribution in [0.2, 0.25) is 0 Å². The SMILES string of the molecule is COc1cc(OC)cc(N(CCn2cnc(C)n2)c2ccc3ncc(-c4cnn(C)c4)nc3c2)c1.COc1cc(OC)cc(N(CCn2ncnc2C)c2ccc3ncc(-c4cnn(C)c4)nc3c2)c1. The molecule has 20 heteroatoms. The Balaban J connectivity index is 0.000000174. The molecular weight excluding hydrogens is 889 g/mol. The van der Waals surface area contributed by atoms with Crippen molar-refractivity contribution >= 4 is 44.8 Å². The van der Waals surface area contributed by atoms with Gasteiger partial charge in [0, 0.05) is 110 Å². The van der Waals surface area contributed by atoms with Crippen molar-refractivity contribution in [3.63, 3.8) is 0 Å². The van der Waals surface area contributed by atoms with E-state index in [1.165, 1.54) is 0 Å². The van der Waals surface area contributed by atoms with Crippen LogP contribution >= 0.6 is 0 Å². The van der Waals surface area contributed by atoms with E-state index in [4.69, 9.17) is 28.9 Å². The summed E-state index contributed by atoms with van der Waals surface area (Å²) < 4.78 is 29.3. The van der Waals surface area contributed by atoms with E-state index in [0.717, 1.165) is 79.0 Å².